The highest BCUT2D eigenvalue weighted by Gasteiger charge is 2.46. The predicted molar refractivity (Wildman–Crippen MR) is 66.7 cm³/mol. The molecule has 0 saturated heterocycles. The van der Waals surface area contributed by atoms with E-state index in [1.807, 2.05) is 0 Å². The summed E-state index contributed by atoms with van der Waals surface area (Å²) in [4.78, 5) is 0. The van der Waals surface area contributed by atoms with Crippen LogP contribution in [0.5, 0.6) is 0 Å². The van der Waals surface area contributed by atoms with Gasteiger partial charge in [-0.1, -0.05) is 0 Å². The van der Waals surface area contributed by atoms with E-state index in [4.69, 9.17) is 9.47 Å². The van der Waals surface area contributed by atoms with Crippen molar-refractivity contribution in [2.24, 2.45) is 5.92 Å². The molecule has 0 aromatic heterocycles. The van der Waals surface area contributed by atoms with Gasteiger partial charge >= 0.3 is 0 Å². The van der Waals surface area contributed by atoms with Gasteiger partial charge in [-0.2, -0.15) is 5.26 Å². The molecule has 98 valence electrons. The maximum absolute atomic E-state index is 9.42. The number of methoxy groups -OCH3 is 1. The zero-order valence-corrected chi connectivity index (χ0v) is 11.2. The fourth-order valence-electron chi connectivity index (χ4n) is 2.06. The van der Waals surface area contributed by atoms with Crippen LogP contribution in [0.15, 0.2) is 0 Å². The van der Waals surface area contributed by atoms with Crippen LogP contribution in [-0.4, -0.2) is 38.5 Å². The number of rotatable bonds is 9. The molecule has 0 radical (unpaired) electrons. The van der Waals surface area contributed by atoms with E-state index in [1.54, 1.807) is 7.11 Å². The molecule has 1 rings (SSSR count). The number of nitrogens with one attached hydrogen (secondary N) is 1. The summed E-state index contributed by atoms with van der Waals surface area (Å²) >= 11 is 0. The smallest absolute Gasteiger partial charge is 0.133 e. The van der Waals surface area contributed by atoms with Gasteiger partial charge in [0.2, 0.25) is 0 Å². The molecule has 0 aromatic carbocycles. The monoisotopic (exact) mass is 240 g/mol. The minimum Gasteiger partial charge on any atom is -0.385 e. The third-order valence-corrected chi connectivity index (χ3v) is 2.99. The summed E-state index contributed by atoms with van der Waals surface area (Å²) in [5, 5.41) is 12.8. The van der Waals surface area contributed by atoms with Crippen molar-refractivity contribution in [2.45, 2.75) is 44.7 Å². The number of nitrogens with zero attached hydrogens (tertiary/aromatic N) is 1. The summed E-state index contributed by atoms with van der Waals surface area (Å²) in [6.45, 7) is 5.99. The van der Waals surface area contributed by atoms with Gasteiger partial charge in [0, 0.05) is 26.4 Å². The average molecular weight is 240 g/mol. The lowest BCUT2D eigenvalue weighted by atomic mass is 9.95. The zero-order chi connectivity index (χ0) is 12.7. The van der Waals surface area contributed by atoms with Gasteiger partial charge in [-0.15, -0.1) is 0 Å². The Morgan fingerprint density at radius 1 is 1.41 bits per heavy atom. The Bertz CT molecular complexity index is 259. The molecular formula is C13H24N2O2. The molecule has 1 saturated carbocycles. The Hall–Kier alpha value is -0.630. The van der Waals surface area contributed by atoms with Gasteiger partial charge in [-0.25, -0.2) is 0 Å². The van der Waals surface area contributed by atoms with Crippen LogP contribution in [0.2, 0.25) is 0 Å². The molecule has 0 aromatic rings. The van der Waals surface area contributed by atoms with E-state index in [0.717, 1.165) is 19.3 Å². The van der Waals surface area contributed by atoms with Gasteiger partial charge in [0.15, 0.2) is 0 Å². The van der Waals surface area contributed by atoms with Gasteiger partial charge in [0.1, 0.15) is 5.54 Å². The Kier molecular flexibility index (Phi) is 5.90. The molecule has 1 atom stereocenters. The Balaban J connectivity index is 2.38. The molecule has 0 aliphatic heterocycles. The van der Waals surface area contributed by atoms with E-state index in [1.165, 1.54) is 0 Å². The molecule has 0 heterocycles. The van der Waals surface area contributed by atoms with E-state index in [0.29, 0.717) is 31.8 Å². The second kappa shape index (κ2) is 6.95. The normalized spacial score (nSPS) is 19.0. The Morgan fingerprint density at radius 2 is 2.12 bits per heavy atom. The molecule has 1 unspecified atom stereocenters. The number of hydrogen-bond donors (Lipinski definition) is 1. The topological polar surface area (TPSA) is 54.3 Å². The Morgan fingerprint density at radius 3 is 2.59 bits per heavy atom. The van der Waals surface area contributed by atoms with Crippen LogP contribution in [0.4, 0.5) is 0 Å². The fraction of sp³-hybridized carbons (Fsp3) is 0.923. The van der Waals surface area contributed by atoms with Crippen LogP contribution in [-0.2, 0) is 9.47 Å². The summed E-state index contributed by atoms with van der Waals surface area (Å²) in [6, 6.07) is 2.74. The highest BCUT2D eigenvalue weighted by atomic mass is 16.5. The summed E-state index contributed by atoms with van der Waals surface area (Å²) in [7, 11) is 1.68. The molecule has 17 heavy (non-hydrogen) atoms. The van der Waals surface area contributed by atoms with Crippen LogP contribution in [0, 0.1) is 17.2 Å². The molecule has 1 aliphatic rings. The van der Waals surface area contributed by atoms with Gasteiger partial charge < -0.3 is 9.47 Å². The molecule has 1 fully saturated rings. The summed E-state index contributed by atoms with van der Waals surface area (Å²) in [5.74, 6) is 0.456. The standard InChI is InChI=1S/C13H24N2O2/c1-11(2)15-13(9-14,12-5-6-12)10-17-8-4-7-16-3/h11-12,15H,4-8,10H2,1-3H3. The highest BCUT2D eigenvalue weighted by Crippen LogP contribution is 2.40. The van der Waals surface area contributed by atoms with Crippen molar-refractivity contribution >= 4 is 0 Å². The lowest BCUT2D eigenvalue weighted by Gasteiger charge is -2.30. The molecular weight excluding hydrogens is 216 g/mol. The van der Waals surface area contributed by atoms with E-state index < -0.39 is 5.54 Å². The van der Waals surface area contributed by atoms with Crippen LogP contribution in [0.25, 0.3) is 0 Å². The Labute approximate surface area is 104 Å². The lowest BCUT2D eigenvalue weighted by Crippen LogP contribution is -2.53. The van der Waals surface area contributed by atoms with Gasteiger partial charge in [0.25, 0.3) is 0 Å². The van der Waals surface area contributed by atoms with Gasteiger partial charge in [0.05, 0.1) is 12.7 Å². The van der Waals surface area contributed by atoms with Crippen LogP contribution >= 0.6 is 0 Å². The number of hydrogen-bond acceptors (Lipinski definition) is 4. The largest absolute Gasteiger partial charge is 0.385 e. The van der Waals surface area contributed by atoms with Gasteiger partial charge in [-0.3, -0.25) is 5.32 Å². The van der Waals surface area contributed by atoms with Crippen molar-refractivity contribution < 1.29 is 9.47 Å². The first kappa shape index (κ1) is 14.4. The minimum absolute atomic E-state index is 0.304. The lowest BCUT2D eigenvalue weighted by molar-refractivity contribution is 0.0619. The highest BCUT2D eigenvalue weighted by molar-refractivity contribution is 5.15. The van der Waals surface area contributed by atoms with Crippen molar-refractivity contribution in [3.05, 3.63) is 0 Å². The summed E-state index contributed by atoms with van der Waals surface area (Å²) < 4.78 is 10.6. The fourth-order valence-corrected chi connectivity index (χ4v) is 2.06. The van der Waals surface area contributed by atoms with Crippen LogP contribution in [0.3, 0.4) is 0 Å². The molecule has 0 bridgehead atoms. The SMILES string of the molecule is COCCCOCC(C#N)(NC(C)C)C1CC1. The molecule has 0 spiro atoms. The first-order valence-electron chi connectivity index (χ1n) is 6.40. The first-order valence-corrected chi connectivity index (χ1v) is 6.40. The number of ether oxygens (including phenoxy) is 2. The third-order valence-electron chi connectivity index (χ3n) is 2.99. The molecule has 1 N–H and O–H groups in total. The summed E-state index contributed by atoms with van der Waals surface area (Å²) in [5.41, 5.74) is -0.485. The molecule has 1 aliphatic carbocycles. The molecule has 4 nitrogen and oxygen atoms in total. The van der Waals surface area contributed by atoms with E-state index in [2.05, 4.69) is 25.2 Å². The second-order valence-corrected chi connectivity index (χ2v) is 5.06. The van der Waals surface area contributed by atoms with Crippen molar-refractivity contribution in [1.82, 2.24) is 5.32 Å². The van der Waals surface area contributed by atoms with Gasteiger partial charge in [-0.05, 0) is 39.0 Å². The first-order chi connectivity index (χ1) is 8.14. The van der Waals surface area contributed by atoms with Crippen molar-refractivity contribution in [1.29, 1.82) is 5.26 Å². The molecule has 4 heteroatoms. The zero-order valence-electron chi connectivity index (χ0n) is 11.2. The van der Waals surface area contributed by atoms with E-state index >= 15 is 0 Å². The van der Waals surface area contributed by atoms with Crippen LogP contribution < -0.4 is 5.32 Å². The quantitative estimate of drug-likeness (QED) is 0.623. The second-order valence-electron chi connectivity index (χ2n) is 5.06. The van der Waals surface area contributed by atoms with Crippen LogP contribution in [0.1, 0.15) is 33.1 Å². The average Bonchev–Trinajstić information content (AvgIpc) is 3.11. The number of nitriles is 1. The van der Waals surface area contributed by atoms with Crippen molar-refractivity contribution in [2.75, 3.05) is 26.9 Å². The third kappa shape index (κ3) is 4.63. The molecule has 0 amide bonds. The van der Waals surface area contributed by atoms with E-state index in [-0.39, 0.29) is 0 Å². The predicted octanol–water partition coefficient (Wildman–Crippen LogP) is 1.71. The maximum atomic E-state index is 9.42. The maximum Gasteiger partial charge on any atom is 0.133 e. The summed E-state index contributed by atoms with van der Waals surface area (Å²) in [6.07, 6.45) is 3.15. The van der Waals surface area contributed by atoms with E-state index in [9.17, 15) is 5.26 Å². The van der Waals surface area contributed by atoms with Crippen molar-refractivity contribution in [3.8, 4) is 6.07 Å². The minimum atomic E-state index is -0.485. The van der Waals surface area contributed by atoms with Crippen molar-refractivity contribution in [3.63, 3.8) is 0 Å².